The van der Waals surface area contributed by atoms with Gasteiger partial charge in [-0.2, -0.15) is 0 Å². The quantitative estimate of drug-likeness (QED) is 0.656. The van der Waals surface area contributed by atoms with Crippen molar-refractivity contribution in [1.82, 2.24) is 9.62 Å². The average Bonchev–Trinajstić information content (AvgIpc) is 2.98. The fraction of sp³-hybridized carbons (Fsp3) is 0.929. The average molecular weight is 333 g/mol. The van der Waals surface area contributed by atoms with Gasteiger partial charge in [0.2, 0.25) is 15.9 Å². The van der Waals surface area contributed by atoms with Crippen LogP contribution in [0.25, 0.3) is 0 Å². The molecule has 1 aliphatic carbocycles. The lowest BCUT2D eigenvalue weighted by molar-refractivity contribution is -0.129. The van der Waals surface area contributed by atoms with Crippen LogP contribution in [-0.4, -0.2) is 63.4 Å². The second-order valence-electron chi connectivity index (χ2n) is 6.52. The number of nitrogens with two attached hydrogens (primary N) is 1. The highest BCUT2D eigenvalue weighted by atomic mass is 32.2. The molecular formula is C14H27N3O4S. The fourth-order valence-electron chi connectivity index (χ4n) is 3.26. The molecule has 0 aromatic heterocycles. The summed E-state index contributed by atoms with van der Waals surface area (Å²) in [5.74, 6) is 0.555. The molecule has 2 aliphatic rings. The first kappa shape index (κ1) is 17.7. The first-order valence-electron chi connectivity index (χ1n) is 7.91. The van der Waals surface area contributed by atoms with Crippen molar-refractivity contribution in [2.75, 3.05) is 32.0 Å². The van der Waals surface area contributed by atoms with Crippen LogP contribution in [0.1, 0.15) is 26.7 Å². The Bertz CT molecular complexity index is 494. The molecule has 1 heterocycles. The van der Waals surface area contributed by atoms with E-state index in [1.54, 1.807) is 4.90 Å². The first-order chi connectivity index (χ1) is 10.3. The standard InChI is InChI=1S/C14H27N3O4S/c1-10(2)21-5-6-22(19,20)16-7-14(18)17-8-11-3-4-13(15)12(11)9-17/h10-13,16H,3-9,15H2,1-2H3. The molecule has 0 aromatic rings. The number of carbonyl (C=O) groups excluding carboxylic acids is 1. The number of amides is 1. The largest absolute Gasteiger partial charge is 0.378 e. The van der Waals surface area contributed by atoms with Crippen molar-refractivity contribution in [3.05, 3.63) is 0 Å². The second kappa shape index (κ2) is 7.25. The van der Waals surface area contributed by atoms with Gasteiger partial charge in [0.1, 0.15) is 0 Å². The predicted molar refractivity (Wildman–Crippen MR) is 83.6 cm³/mol. The third-order valence-corrected chi connectivity index (χ3v) is 5.80. The lowest BCUT2D eigenvalue weighted by Gasteiger charge is -2.19. The van der Waals surface area contributed by atoms with E-state index in [1.165, 1.54) is 0 Å². The zero-order chi connectivity index (χ0) is 16.3. The summed E-state index contributed by atoms with van der Waals surface area (Å²) in [4.78, 5) is 13.9. The third kappa shape index (κ3) is 4.65. The molecule has 0 aromatic carbocycles. The Kier molecular flexibility index (Phi) is 5.81. The van der Waals surface area contributed by atoms with E-state index in [0.29, 0.717) is 24.9 Å². The number of carbonyl (C=O) groups is 1. The van der Waals surface area contributed by atoms with Crippen molar-refractivity contribution in [3.63, 3.8) is 0 Å². The Hall–Kier alpha value is -0.700. The lowest BCUT2D eigenvalue weighted by atomic mass is 9.98. The number of nitrogens with zero attached hydrogens (tertiary/aromatic N) is 1. The zero-order valence-electron chi connectivity index (χ0n) is 13.3. The molecule has 1 saturated heterocycles. The third-order valence-electron chi connectivity index (χ3n) is 4.51. The Morgan fingerprint density at radius 3 is 2.73 bits per heavy atom. The summed E-state index contributed by atoms with van der Waals surface area (Å²) in [6.45, 7) is 5.00. The van der Waals surface area contributed by atoms with Crippen LogP contribution in [-0.2, 0) is 19.6 Å². The Morgan fingerprint density at radius 2 is 2.09 bits per heavy atom. The van der Waals surface area contributed by atoms with Crippen LogP contribution in [0.4, 0.5) is 0 Å². The molecule has 2 fully saturated rings. The number of sulfonamides is 1. The van der Waals surface area contributed by atoms with E-state index in [2.05, 4.69) is 4.72 Å². The van der Waals surface area contributed by atoms with Crippen molar-refractivity contribution in [2.45, 2.75) is 38.8 Å². The van der Waals surface area contributed by atoms with Gasteiger partial charge < -0.3 is 15.4 Å². The molecule has 1 saturated carbocycles. The van der Waals surface area contributed by atoms with Crippen LogP contribution in [0.3, 0.4) is 0 Å². The molecule has 3 atom stereocenters. The smallest absolute Gasteiger partial charge is 0.237 e. The monoisotopic (exact) mass is 333 g/mol. The number of nitrogens with one attached hydrogen (secondary N) is 1. The van der Waals surface area contributed by atoms with Crippen LogP contribution < -0.4 is 10.5 Å². The zero-order valence-corrected chi connectivity index (χ0v) is 14.1. The van der Waals surface area contributed by atoms with E-state index in [0.717, 1.165) is 12.8 Å². The summed E-state index contributed by atoms with van der Waals surface area (Å²) in [6.07, 6.45) is 2.08. The summed E-state index contributed by atoms with van der Waals surface area (Å²) < 4.78 is 31.2. The van der Waals surface area contributed by atoms with Crippen molar-refractivity contribution >= 4 is 15.9 Å². The SMILES string of the molecule is CC(C)OCCS(=O)(=O)NCC(=O)N1CC2CCC(N)C2C1. The molecule has 8 heteroatoms. The topological polar surface area (TPSA) is 102 Å². The number of hydrogen-bond donors (Lipinski definition) is 2. The van der Waals surface area contributed by atoms with E-state index in [1.807, 2.05) is 13.8 Å². The minimum Gasteiger partial charge on any atom is -0.378 e. The van der Waals surface area contributed by atoms with Crippen LogP contribution in [0, 0.1) is 11.8 Å². The minimum absolute atomic E-state index is 0.00921. The maximum atomic E-state index is 12.1. The lowest BCUT2D eigenvalue weighted by Crippen LogP contribution is -2.41. The maximum absolute atomic E-state index is 12.1. The molecule has 2 rings (SSSR count). The van der Waals surface area contributed by atoms with Crippen LogP contribution in [0.2, 0.25) is 0 Å². The van der Waals surface area contributed by atoms with Crippen LogP contribution >= 0.6 is 0 Å². The van der Waals surface area contributed by atoms with Crippen molar-refractivity contribution in [2.24, 2.45) is 17.6 Å². The molecule has 7 nitrogen and oxygen atoms in total. The summed E-state index contributed by atoms with van der Waals surface area (Å²) in [5, 5.41) is 0. The Labute approximate surface area is 132 Å². The number of ether oxygens (including phenoxy) is 1. The second-order valence-corrected chi connectivity index (χ2v) is 8.45. The Balaban J connectivity index is 1.74. The number of rotatable bonds is 7. The predicted octanol–water partition coefficient (Wildman–Crippen LogP) is -0.473. The van der Waals surface area contributed by atoms with Gasteiger partial charge in [-0.15, -0.1) is 0 Å². The van der Waals surface area contributed by atoms with Crippen molar-refractivity contribution < 1.29 is 17.9 Å². The van der Waals surface area contributed by atoms with Crippen LogP contribution in [0.5, 0.6) is 0 Å². The van der Waals surface area contributed by atoms with Gasteiger partial charge in [0.15, 0.2) is 0 Å². The van der Waals surface area contributed by atoms with Gasteiger partial charge in [-0.1, -0.05) is 0 Å². The van der Waals surface area contributed by atoms with Gasteiger partial charge in [-0.05, 0) is 38.5 Å². The minimum atomic E-state index is -3.48. The van der Waals surface area contributed by atoms with E-state index in [-0.39, 0.29) is 37.0 Å². The van der Waals surface area contributed by atoms with Gasteiger partial charge in [0.05, 0.1) is 25.0 Å². The van der Waals surface area contributed by atoms with Crippen molar-refractivity contribution in [3.8, 4) is 0 Å². The molecule has 3 N–H and O–H groups in total. The highest BCUT2D eigenvalue weighted by Gasteiger charge is 2.42. The van der Waals surface area contributed by atoms with E-state index >= 15 is 0 Å². The van der Waals surface area contributed by atoms with E-state index in [4.69, 9.17) is 10.5 Å². The highest BCUT2D eigenvalue weighted by molar-refractivity contribution is 7.89. The maximum Gasteiger partial charge on any atom is 0.237 e. The molecule has 0 spiro atoms. The van der Waals surface area contributed by atoms with E-state index < -0.39 is 10.0 Å². The molecule has 1 aliphatic heterocycles. The van der Waals surface area contributed by atoms with Gasteiger partial charge >= 0.3 is 0 Å². The Morgan fingerprint density at radius 1 is 1.36 bits per heavy atom. The summed E-state index contributed by atoms with van der Waals surface area (Å²) >= 11 is 0. The molecule has 1 amide bonds. The molecule has 0 bridgehead atoms. The fourth-order valence-corrected chi connectivity index (χ4v) is 4.06. The summed E-state index contributed by atoms with van der Waals surface area (Å²) in [5.41, 5.74) is 6.04. The highest BCUT2D eigenvalue weighted by Crippen LogP contribution is 2.36. The van der Waals surface area contributed by atoms with Crippen LogP contribution in [0.15, 0.2) is 0 Å². The molecular weight excluding hydrogens is 306 g/mol. The number of fused-ring (bicyclic) bond motifs is 1. The van der Waals surface area contributed by atoms with Gasteiger partial charge in [-0.3, -0.25) is 4.79 Å². The molecule has 3 unspecified atom stereocenters. The summed E-state index contributed by atoms with van der Waals surface area (Å²) in [7, 11) is -3.48. The normalized spacial score (nSPS) is 28.4. The molecule has 0 radical (unpaired) electrons. The first-order valence-corrected chi connectivity index (χ1v) is 9.56. The van der Waals surface area contributed by atoms with Gasteiger partial charge in [-0.25, -0.2) is 13.1 Å². The molecule has 22 heavy (non-hydrogen) atoms. The van der Waals surface area contributed by atoms with Gasteiger partial charge in [0, 0.05) is 19.1 Å². The van der Waals surface area contributed by atoms with Gasteiger partial charge in [0.25, 0.3) is 0 Å². The van der Waals surface area contributed by atoms with E-state index in [9.17, 15) is 13.2 Å². The number of likely N-dealkylation sites (tertiary alicyclic amines) is 1. The summed E-state index contributed by atoms with van der Waals surface area (Å²) in [6, 6.07) is 0.174. The van der Waals surface area contributed by atoms with Crippen molar-refractivity contribution in [1.29, 1.82) is 0 Å². The molecule has 128 valence electrons. The number of hydrogen-bond acceptors (Lipinski definition) is 5.